The van der Waals surface area contributed by atoms with Crippen molar-refractivity contribution in [2.24, 2.45) is 0 Å². The number of ether oxygens (including phenoxy) is 2. The maximum Gasteiger partial charge on any atom is 0.320 e. The second-order valence-corrected chi connectivity index (χ2v) is 8.13. The third-order valence-corrected chi connectivity index (χ3v) is 6.16. The number of carboxylic acids is 1. The smallest absolute Gasteiger partial charge is 0.320 e. The van der Waals surface area contributed by atoms with Crippen molar-refractivity contribution in [3.63, 3.8) is 0 Å². The molecule has 0 aromatic heterocycles. The highest BCUT2D eigenvalue weighted by Crippen LogP contribution is 2.40. The van der Waals surface area contributed by atoms with Crippen LogP contribution >= 0.6 is 0 Å². The third-order valence-electron chi connectivity index (χ3n) is 6.16. The van der Waals surface area contributed by atoms with Crippen LogP contribution < -0.4 is 9.47 Å². The molecule has 0 radical (unpaired) electrons. The fourth-order valence-electron chi connectivity index (χ4n) is 4.80. The lowest BCUT2D eigenvalue weighted by Gasteiger charge is -2.40. The molecule has 1 N–H and O–H groups in total. The number of fused-ring (bicyclic) bond motifs is 1. The zero-order valence-electron chi connectivity index (χ0n) is 18.8. The van der Waals surface area contributed by atoms with Crippen molar-refractivity contribution in [3.8, 4) is 11.5 Å². The zero-order valence-corrected chi connectivity index (χ0v) is 18.8. The molecule has 2 atom stereocenters. The maximum absolute atomic E-state index is 12.2. The van der Waals surface area contributed by atoms with Crippen LogP contribution in [0.3, 0.4) is 0 Å². The minimum absolute atomic E-state index is 0.197. The van der Waals surface area contributed by atoms with Gasteiger partial charge in [0.25, 0.3) is 0 Å². The van der Waals surface area contributed by atoms with Crippen LogP contribution in [0.1, 0.15) is 50.3 Å². The minimum Gasteiger partial charge on any atom is -0.490 e. The van der Waals surface area contributed by atoms with Crippen molar-refractivity contribution in [2.75, 3.05) is 19.8 Å². The summed E-state index contributed by atoms with van der Waals surface area (Å²) in [6, 6.07) is 19.9. The minimum atomic E-state index is -0.758. The van der Waals surface area contributed by atoms with Gasteiger partial charge in [0.05, 0.1) is 19.3 Å². The first-order valence-corrected chi connectivity index (χ1v) is 11.5. The Morgan fingerprint density at radius 2 is 1.75 bits per heavy atom. The first kappa shape index (κ1) is 22.2. The Bertz CT molecular complexity index is 1070. The molecular weight excluding hydrogens is 402 g/mol. The van der Waals surface area contributed by atoms with Crippen LogP contribution in [0.5, 0.6) is 11.5 Å². The van der Waals surface area contributed by atoms with Crippen LogP contribution in [-0.4, -0.2) is 41.8 Å². The van der Waals surface area contributed by atoms with E-state index in [1.165, 1.54) is 0 Å². The summed E-state index contributed by atoms with van der Waals surface area (Å²) in [5.41, 5.74) is 2.13. The summed E-state index contributed by atoms with van der Waals surface area (Å²) in [7, 11) is 0. The monoisotopic (exact) mass is 433 g/mol. The molecule has 2 unspecified atom stereocenters. The lowest BCUT2D eigenvalue weighted by molar-refractivity contribution is -0.145. The molecule has 5 heteroatoms. The Labute approximate surface area is 189 Å². The molecule has 4 rings (SSSR count). The highest BCUT2D eigenvalue weighted by molar-refractivity contribution is 5.86. The van der Waals surface area contributed by atoms with Crippen molar-refractivity contribution in [1.29, 1.82) is 0 Å². The Hall–Kier alpha value is -3.05. The molecule has 3 aromatic rings. The van der Waals surface area contributed by atoms with E-state index in [4.69, 9.17) is 9.47 Å². The van der Waals surface area contributed by atoms with Crippen molar-refractivity contribution >= 4 is 16.7 Å². The molecule has 1 fully saturated rings. The van der Waals surface area contributed by atoms with E-state index in [2.05, 4.69) is 35.2 Å². The Morgan fingerprint density at radius 3 is 2.53 bits per heavy atom. The highest BCUT2D eigenvalue weighted by Gasteiger charge is 2.36. The van der Waals surface area contributed by atoms with Crippen LogP contribution in [-0.2, 0) is 4.79 Å². The van der Waals surface area contributed by atoms with Crippen molar-refractivity contribution < 1.29 is 19.4 Å². The predicted molar refractivity (Wildman–Crippen MR) is 127 cm³/mol. The molecule has 0 saturated carbocycles. The Balaban J connectivity index is 1.90. The van der Waals surface area contributed by atoms with Crippen LogP contribution in [0, 0.1) is 0 Å². The lowest BCUT2D eigenvalue weighted by atomic mass is 9.89. The zero-order chi connectivity index (χ0) is 22.5. The van der Waals surface area contributed by atoms with Gasteiger partial charge >= 0.3 is 5.97 Å². The molecule has 32 heavy (non-hydrogen) atoms. The van der Waals surface area contributed by atoms with Crippen LogP contribution in [0.4, 0.5) is 0 Å². The number of aliphatic carboxylic acids is 1. The largest absolute Gasteiger partial charge is 0.490 e. The van der Waals surface area contributed by atoms with Gasteiger partial charge in [0.15, 0.2) is 11.5 Å². The molecule has 1 aliphatic heterocycles. The van der Waals surface area contributed by atoms with Crippen LogP contribution in [0.15, 0.2) is 60.7 Å². The van der Waals surface area contributed by atoms with Crippen molar-refractivity contribution in [3.05, 3.63) is 71.8 Å². The number of piperidine rings is 1. The van der Waals surface area contributed by atoms with E-state index in [0.29, 0.717) is 31.1 Å². The normalized spacial score (nSPS) is 17.8. The molecule has 5 nitrogen and oxygen atoms in total. The molecule has 0 bridgehead atoms. The van der Waals surface area contributed by atoms with Gasteiger partial charge in [-0.25, -0.2) is 0 Å². The average molecular weight is 434 g/mol. The number of hydrogen-bond acceptors (Lipinski definition) is 4. The summed E-state index contributed by atoms with van der Waals surface area (Å²) in [6.45, 7) is 5.73. The van der Waals surface area contributed by atoms with Gasteiger partial charge in [-0.3, -0.25) is 9.69 Å². The van der Waals surface area contributed by atoms with Gasteiger partial charge in [-0.2, -0.15) is 0 Å². The molecule has 3 aromatic carbocycles. The summed E-state index contributed by atoms with van der Waals surface area (Å²) >= 11 is 0. The summed E-state index contributed by atoms with van der Waals surface area (Å²) in [5, 5.41) is 12.3. The molecule has 1 heterocycles. The van der Waals surface area contributed by atoms with Gasteiger partial charge in [-0.15, -0.1) is 0 Å². The van der Waals surface area contributed by atoms with E-state index in [-0.39, 0.29) is 6.04 Å². The summed E-state index contributed by atoms with van der Waals surface area (Å²) in [5.74, 6) is 0.648. The van der Waals surface area contributed by atoms with Gasteiger partial charge in [-0.1, -0.05) is 55.0 Å². The summed E-state index contributed by atoms with van der Waals surface area (Å²) < 4.78 is 11.7. The van der Waals surface area contributed by atoms with Gasteiger partial charge < -0.3 is 14.6 Å². The summed E-state index contributed by atoms with van der Waals surface area (Å²) in [6.07, 6.45) is 2.58. The van der Waals surface area contributed by atoms with Gasteiger partial charge in [0, 0.05) is 0 Å². The van der Waals surface area contributed by atoms with E-state index >= 15 is 0 Å². The average Bonchev–Trinajstić information content (AvgIpc) is 2.81. The van der Waals surface area contributed by atoms with E-state index in [1.54, 1.807) is 0 Å². The van der Waals surface area contributed by atoms with Crippen LogP contribution in [0.2, 0.25) is 0 Å². The predicted octanol–water partition coefficient (Wildman–Crippen LogP) is 5.67. The number of likely N-dealkylation sites (tertiary alicyclic amines) is 1. The first-order chi connectivity index (χ1) is 15.6. The van der Waals surface area contributed by atoms with Gasteiger partial charge in [0.2, 0.25) is 0 Å². The maximum atomic E-state index is 12.2. The number of carboxylic acid groups (broad SMARTS) is 1. The van der Waals surface area contributed by atoms with E-state index < -0.39 is 12.0 Å². The number of nitrogens with zero attached hydrogens (tertiary/aromatic N) is 1. The number of hydrogen-bond donors (Lipinski definition) is 1. The van der Waals surface area contributed by atoms with Crippen molar-refractivity contribution in [1.82, 2.24) is 4.90 Å². The fraction of sp³-hybridized carbons (Fsp3) is 0.370. The first-order valence-electron chi connectivity index (χ1n) is 11.5. The van der Waals surface area contributed by atoms with E-state index in [1.807, 2.05) is 44.2 Å². The number of benzene rings is 3. The SMILES string of the molecule is CCOc1ccc(C(c2cccc3ccccc23)N2CCCCC2C(=O)O)cc1OCC. The van der Waals surface area contributed by atoms with E-state index in [0.717, 1.165) is 41.3 Å². The molecule has 0 amide bonds. The topological polar surface area (TPSA) is 59.0 Å². The molecule has 0 aliphatic carbocycles. The van der Waals surface area contributed by atoms with Crippen molar-refractivity contribution in [2.45, 2.75) is 45.2 Å². The second kappa shape index (κ2) is 10.0. The molecule has 168 valence electrons. The summed E-state index contributed by atoms with van der Waals surface area (Å²) in [4.78, 5) is 14.4. The standard InChI is InChI=1S/C27H31NO4/c1-3-31-24-16-15-20(18-25(24)32-4-2)26(28-17-8-7-14-23(28)27(29)30)22-13-9-11-19-10-5-6-12-21(19)22/h5-6,9-13,15-16,18,23,26H,3-4,7-8,14,17H2,1-2H3,(H,29,30). The lowest BCUT2D eigenvalue weighted by Crippen LogP contribution is -2.46. The van der Waals surface area contributed by atoms with Crippen LogP contribution in [0.25, 0.3) is 10.8 Å². The number of carbonyl (C=O) groups is 1. The fourth-order valence-corrected chi connectivity index (χ4v) is 4.80. The molecule has 1 saturated heterocycles. The van der Waals surface area contributed by atoms with Gasteiger partial charge in [0.1, 0.15) is 6.04 Å². The third kappa shape index (κ3) is 4.44. The molecular formula is C27H31NO4. The highest BCUT2D eigenvalue weighted by atomic mass is 16.5. The van der Waals surface area contributed by atoms with E-state index in [9.17, 15) is 9.90 Å². The second-order valence-electron chi connectivity index (χ2n) is 8.13. The van der Waals surface area contributed by atoms with Gasteiger partial charge in [-0.05, 0) is 67.3 Å². The molecule has 0 spiro atoms. The Kier molecular flexibility index (Phi) is 6.96. The molecule has 1 aliphatic rings. The number of rotatable bonds is 8. The Morgan fingerprint density at radius 1 is 1.00 bits per heavy atom. The quantitative estimate of drug-likeness (QED) is 0.496.